The van der Waals surface area contributed by atoms with E-state index >= 15 is 0 Å². The zero-order valence-electron chi connectivity index (χ0n) is 13.1. The second-order valence-electron chi connectivity index (χ2n) is 4.72. The van der Waals surface area contributed by atoms with Crippen LogP contribution in [0.1, 0.15) is 0 Å². The number of carboxylic acid groups (broad SMARTS) is 1. The van der Waals surface area contributed by atoms with Gasteiger partial charge in [0, 0.05) is 18.0 Å². The number of rotatable bonds is 4. The number of halogens is 5. The summed E-state index contributed by atoms with van der Waals surface area (Å²) < 4.78 is 65.5. The number of carbonyl (C=O) groups is 1. The molecule has 3 rings (SSSR count). The molecule has 0 fully saturated rings. The van der Waals surface area contributed by atoms with E-state index in [4.69, 9.17) is 14.4 Å². The molecule has 0 aliphatic heterocycles. The minimum absolute atomic E-state index is 0.0609. The van der Waals surface area contributed by atoms with Gasteiger partial charge in [0.1, 0.15) is 5.75 Å². The van der Waals surface area contributed by atoms with Crippen LogP contribution in [0.25, 0.3) is 11.1 Å². The minimum atomic E-state index is -5.08. The number of carboxylic acids is 1. The first kappa shape index (κ1) is 19.9. The van der Waals surface area contributed by atoms with Crippen LogP contribution >= 0.6 is 0 Å². The fourth-order valence-electron chi connectivity index (χ4n) is 1.75. The Balaban J connectivity index is 0.000000321. The van der Waals surface area contributed by atoms with Crippen LogP contribution in [0.15, 0.2) is 47.1 Å². The third kappa shape index (κ3) is 5.80. The average Bonchev–Trinajstić information content (AvgIpc) is 2.97. The highest BCUT2D eigenvalue weighted by molar-refractivity contribution is 5.85. The van der Waals surface area contributed by atoms with Gasteiger partial charge >= 0.3 is 18.8 Å². The monoisotopic (exact) mass is 391 g/mol. The Morgan fingerprint density at radius 2 is 1.93 bits per heavy atom. The highest BCUT2D eigenvalue weighted by atomic mass is 19.4. The van der Waals surface area contributed by atoms with E-state index in [1.54, 1.807) is 30.5 Å². The first-order valence-corrected chi connectivity index (χ1v) is 6.99. The van der Waals surface area contributed by atoms with Crippen molar-refractivity contribution < 1.29 is 41.1 Å². The van der Waals surface area contributed by atoms with Gasteiger partial charge < -0.3 is 19.7 Å². The van der Waals surface area contributed by atoms with E-state index in [0.29, 0.717) is 22.6 Å². The van der Waals surface area contributed by atoms with E-state index < -0.39 is 18.8 Å². The normalized spacial score (nSPS) is 11.0. The van der Waals surface area contributed by atoms with Crippen molar-refractivity contribution in [1.29, 1.82) is 0 Å². The molecular formula is C15H10F5N3O4. The number of hydrogen-bond donors (Lipinski definition) is 2. The van der Waals surface area contributed by atoms with Gasteiger partial charge in [0.15, 0.2) is 11.1 Å². The lowest BCUT2D eigenvalue weighted by molar-refractivity contribution is -0.192. The van der Waals surface area contributed by atoms with E-state index in [1.807, 2.05) is 0 Å². The summed E-state index contributed by atoms with van der Waals surface area (Å²) in [7, 11) is 0. The third-order valence-corrected chi connectivity index (χ3v) is 2.79. The Bertz CT molecular complexity index is 914. The molecule has 0 atom stereocenters. The molecule has 2 heterocycles. The van der Waals surface area contributed by atoms with E-state index in [9.17, 15) is 22.0 Å². The molecule has 0 aliphatic carbocycles. The molecule has 0 spiro atoms. The van der Waals surface area contributed by atoms with E-state index in [1.165, 1.54) is 12.1 Å². The predicted molar refractivity (Wildman–Crippen MR) is 81.9 cm³/mol. The smallest absolute Gasteiger partial charge is 0.475 e. The molecule has 0 saturated carbocycles. The summed E-state index contributed by atoms with van der Waals surface area (Å²) in [6, 6.07) is 9.63. The van der Waals surface area contributed by atoms with Crippen LogP contribution in [0.4, 0.5) is 33.5 Å². The SMILES string of the molecule is FC(F)Oc1cccc(Nc2noc3cccnc23)c1.O=C(O)C(F)(F)F. The zero-order valence-corrected chi connectivity index (χ0v) is 13.1. The van der Waals surface area contributed by atoms with Crippen LogP contribution in [0, 0.1) is 0 Å². The van der Waals surface area contributed by atoms with E-state index in [2.05, 4.69) is 20.2 Å². The van der Waals surface area contributed by atoms with Gasteiger partial charge in [0.05, 0.1) is 0 Å². The highest BCUT2D eigenvalue weighted by Crippen LogP contribution is 2.26. The zero-order chi connectivity index (χ0) is 20.0. The summed E-state index contributed by atoms with van der Waals surface area (Å²) in [6.07, 6.45) is -3.47. The maximum atomic E-state index is 12.2. The minimum Gasteiger partial charge on any atom is -0.475 e. The van der Waals surface area contributed by atoms with Gasteiger partial charge in [0.2, 0.25) is 5.82 Å². The Morgan fingerprint density at radius 1 is 1.22 bits per heavy atom. The number of anilines is 2. The average molecular weight is 391 g/mol. The molecule has 7 nitrogen and oxygen atoms in total. The van der Waals surface area contributed by atoms with Crippen LogP contribution < -0.4 is 10.1 Å². The number of benzene rings is 1. The summed E-state index contributed by atoms with van der Waals surface area (Å²) in [5, 5.41) is 13.9. The fraction of sp³-hybridized carbons (Fsp3) is 0.133. The van der Waals surface area contributed by atoms with Crippen molar-refractivity contribution in [3.8, 4) is 5.75 Å². The molecular weight excluding hydrogens is 381 g/mol. The molecule has 12 heteroatoms. The van der Waals surface area contributed by atoms with Crippen molar-refractivity contribution in [2.75, 3.05) is 5.32 Å². The van der Waals surface area contributed by atoms with Crippen LogP contribution in [0.5, 0.6) is 5.75 Å². The summed E-state index contributed by atoms with van der Waals surface area (Å²) in [4.78, 5) is 13.0. The van der Waals surface area contributed by atoms with Crippen LogP contribution in [0.2, 0.25) is 0 Å². The maximum Gasteiger partial charge on any atom is 0.490 e. The summed E-state index contributed by atoms with van der Waals surface area (Å²) in [5.41, 5.74) is 1.65. The van der Waals surface area contributed by atoms with Gasteiger partial charge in [-0.3, -0.25) is 0 Å². The third-order valence-electron chi connectivity index (χ3n) is 2.79. The molecule has 2 N–H and O–H groups in total. The number of hydrogen-bond acceptors (Lipinski definition) is 6. The molecule has 27 heavy (non-hydrogen) atoms. The summed E-state index contributed by atoms with van der Waals surface area (Å²) in [6.45, 7) is -2.86. The van der Waals surface area contributed by atoms with Gasteiger partial charge in [0.25, 0.3) is 0 Å². The largest absolute Gasteiger partial charge is 0.490 e. The topological polar surface area (TPSA) is 97.5 Å². The van der Waals surface area contributed by atoms with Crippen molar-refractivity contribution >= 4 is 28.6 Å². The summed E-state index contributed by atoms with van der Waals surface area (Å²) in [5.74, 6) is -2.28. The van der Waals surface area contributed by atoms with Crippen molar-refractivity contribution in [3.63, 3.8) is 0 Å². The van der Waals surface area contributed by atoms with Gasteiger partial charge in [-0.1, -0.05) is 11.2 Å². The van der Waals surface area contributed by atoms with Gasteiger partial charge in [-0.2, -0.15) is 22.0 Å². The van der Waals surface area contributed by atoms with E-state index in [-0.39, 0.29) is 5.75 Å². The maximum absolute atomic E-state index is 12.2. The number of alkyl halides is 5. The van der Waals surface area contributed by atoms with Crippen LogP contribution in [0.3, 0.4) is 0 Å². The number of aliphatic carboxylic acids is 1. The molecule has 0 bridgehead atoms. The Morgan fingerprint density at radius 3 is 2.56 bits per heavy atom. The summed E-state index contributed by atoms with van der Waals surface area (Å²) >= 11 is 0. The number of aromatic nitrogens is 2. The molecule has 0 aliphatic rings. The molecule has 144 valence electrons. The quantitative estimate of drug-likeness (QED) is 0.643. The number of nitrogens with one attached hydrogen (secondary N) is 1. The Kier molecular flexibility index (Phi) is 6.11. The van der Waals surface area contributed by atoms with Gasteiger partial charge in [-0.15, -0.1) is 0 Å². The van der Waals surface area contributed by atoms with Crippen molar-refractivity contribution in [2.24, 2.45) is 0 Å². The lowest BCUT2D eigenvalue weighted by Gasteiger charge is -2.07. The second kappa shape index (κ2) is 8.29. The van der Waals surface area contributed by atoms with Gasteiger partial charge in [-0.05, 0) is 24.3 Å². The first-order chi connectivity index (χ1) is 12.7. The van der Waals surface area contributed by atoms with Crippen molar-refractivity contribution in [3.05, 3.63) is 42.6 Å². The molecule has 0 radical (unpaired) electrons. The molecule has 2 aromatic heterocycles. The van der Waals surface area contributed by atoms with Crippen LogP contribution in [-0.4, -0.2) is 34.0 Å². The van der Waals surface area contributed by atoms with Crippen molar-refractivity contribution in [1.82, 2.24) is 10.1 Å². The second-order valence-corrected chi connectivity index (χ2v) is 4.72. The number of nitrogens with zero attached hydrogens (tertiary/aromatic N) is 2. The Labute approximate surface area is 147 Å². The number of pyridine rings is 1. The van der Waals surface area contributed by atoms with Crippen LogP contribution in [-0.2, 0) is 4.79 Å². The lowest BCUT2D eigenvalue weighted by Crippen LogP contribution is -2.21. The molecule has 0 amide bonds. The molecule has 1 aromatic carbocycles. The molecule has 3 aromatic rings. The van der Waals surface area contributed by atoms with E-state index in [0.717, 1.165) is 0 Å². The fourth-order valence-corrected chi connectivity index (χ4v) is 1.75. The molecule has 0 saturated heterocycles. The number of fused-ring (bicyclic) bond motifs is 1. The van der Waals surface area contributed by atoms with Gasteiger partial charge in [-0.25, -0.2) is 9.78 Å². The lowest BCUT2D eigenvalue weighted by atomic mass is 10.3. The standard InChI is InChI=1S/C13H9F2N3O2.C2HF3O2/c14-13(15)19-9-4-1-3-8(7-9)17-12-11-10(20-18-12)5-2-6-16-11;3-2(4,5)1(6)7/h1-7,13H,(H,17,18);(H,6,7). The first-order valence-electron chi connectivity index (χ1n) is 6.99. The molecule has 0 unspecified atom stereocenters. The number of ether oxygens (including phenoxy) is 1. The predicted octanol–water partition coefficient (Wildman–Crippen LogP) is 4.20. The Hall–Kier alpha value is -3.44. The highest BCUT2D eigenvalue weighted by Gasteiger charge is 2.38. The van der Waals surface area contributed by atoms with Crippen molar-refractivity contribution in [2.45, 2.75) is 12.8 Å².